The summed E-state index contributed by atoms with van der Waals surface area (Å²) in [5, 5.41) is 0. The highest BCUT2D eigenvalue weighted by molar-refractivity contribution is 4.98. The summed E-state index contributed by atoms with van der Waals surface area (Å²) < 4.78 is 0. The number of hydrogen-bond acceptors (Lipinski definition) is 0. The van der Waals surface area contributed by atoms with Crippen molar-refractivity contribution in [2.45, 2.75) is 58.8 Å². The van der Waals surface area contributed by atoms with Crippen LogP contribution in [0.1, 0.15) is 58.8 Å². The van der Waals surface area contributed by atoms with Crippen molar-refractivity contribution >= 4 is 0 Å². The first-order chi connectivity index (χ1) is 5.77. The summed E-state index contributed by atoms with van der Waals surface area (Å²) in [6.45, 7) is 4.82. The van der Waals surface area contributed by atoms with Crippen molar-refractivity contribution < 1.29 is 0 Å². The van der Waals surface area contributed by atoms with Crippen LogP contribution in [-0.4, -0.2) is 0 Å². The van der Waals surface area contributed by atoms with Gasteiger partial charge in [0.1, 0.15) is 0 Å². The fourth-order valence-electron chi connectivity index (χ4n) is 2.76. The van der Waals surface area contributed by atoms with Crippen LogP contribution in [0.3, 0.4) is 0 Å². The van der Waals surface area contributed by atoms with Gasteiger partial charge in [0.05, 0.1) is 0 Å². The van der Waals surface area contributed by atoms with Crippen LogP contribution in [0.4, 0.5) is 0 Å². The Morgan fingerprint density at radius 3 is 2.33 bits per heavy atom. The molecule has 0 heteroatoms. The molecule has 70 valence electrons. The van der Waals surface area contributed by atoms with Gasteiger partial charge in [0.2, 0.25) is 0 Å². The van der Waals surface area contributed by atoms with Crippen molar-refractivity contribution in [2.75, 3.05) is 0 Å². The van der Waals surface area contributed by atoms with E-state index in [0.717, 1.165) is 17.3 Å². The second-order valence-corrected chi connectivity index (χ2v) is 5.17. The molecule has 0 aromatic heterocycles. The zero-order valence-electron chi connectivity index (χ0n) is 8.60. The molecule has 2 rings (SSSR count). The predicted molar refractivity (Wildman–Crippen MR) is 53.1 cm³/mol. The second-order valence-electron chi connectivity index (χ2n) is 5.17. The molecule has 2 aliphatic carbocycles. The highest BCUT2D eigenvalue weighted by atomic mass is 14.5. The van der Waals surface area contributed by atoms with Crippen LogP contribution in [0.15, 0.2) is 0 Å². The van der Waals surface area contributed by atoms with Gasteiger partial charge in [-0.1, -0.05) is 39.5 Å². The van der Waals surface area contributed by atoms with Crippen LogP contribution < -0.4 is 0 Å². The summed E-state index contributed by atoms with van der Waals surface area (Å²) >= 11 is 0. The fraction of sp³-hybridized carbons (Fsp3) is 1.00. The molecule has 0 saturated heterocycles. The molecule has 0 heterocycles. The predicted octanol–water partition coefficient (Wildman–Crippen LogP) is 4.00. The van der Waals surface area contributed by atoms with Gasteiger partial charge < -0.3 is 0 Å². The third-order valence-corrected chi connectivity index (χ3v) is 4.47. The smallest absolute Gasteiger partial charge is 0.0269 e. The monoisotopic (exact) mass is 166 g/mol. The average Bonchev–Trinajstić information content (AvgIpc) is 2.77. The van der Waals surface area contributed by atoms with E-state index in [1.165, 1.54) is 25.7 Å². The van der Waals surface area contributed by atoms with Gasteiger partial charge >= 0.3 is 0 Å². The Morgan fingerprint density at radius 2 is 2.00 bits per heavy atom. The Morgan fingerprint density at radius 1 is 1.33 bits per heavy atom. The van der Waals surface area contributed by atoms with Crippen molar-refractivity contribution in [3.8, 4) is 0 Å². The standard InChI is InChI=1S/C12H22/c1-3-10(2)12(7-8-12)9-11-5-4-6-11/h10-11H,3-9H2,1-2H3. The maximum Gasteiger partial charge on any atom is -0.0269 e. The Hall–Kier alpha value is 0. The maximum atomic E-state index is 2.46. The molecule has 0 nitrogen and oxygen atoms in total. The molecule has 0 spiro atoms. The molecule has 0 aliphatic heterocycles. The molecule has 0 radical (unpaired) electrons. The summed E-state index contributed by atoms with van der Waals surface area (Å²) in [4.78, 5) is 0. The van der Waals surface area contributed by atoms with Crippen LogP contribution >= 0.6 is 0 Å². The summed E-state index contributed by atoms with van der Waals surface area (Å²) in [5.74, 6) is 2.12. The molecule has 12 heavy (non-hydrogen) atoms. The normalized spacial score (nSPS) is 29.5. The van der Waals surface area contributed by atoms with Gasteiger partial charge in [-0.3, -0.25) is 0 Å². The van der Waals surface area contributed by atoms with Gasteiger partial charge in [-0.15, -0.1) is 0 Å². The number of rotatable bonds is 4. The lowest BCUT2D eigenvalue weighted by Gasteiger charge is -2.32. The van der Waals surface area contributed by atoms with Gasteiger partial charge in [-0.05, 0) is 36.5 Å². The maximum absolute atomic E-state index is 2.46. The van der Waals surface area contributed by atoms with Crippen LogP contribution in [-0.2, 0) is 0 Å². The number of hydrogen-bond donors (Lipinski definition) is 0. The van der Waals surface area contributed by atoms with E-state index in [0.29, 0.717) is 0 Å². The van der Waals surface area contributed by atoms with Crippen LogP contribution in [0.2, 0.25) is 0 Å². The molecule has 0 N–H and O–H groups in total. The first-order valence-corrected chi connectivity index (χ1v) is 5.77. The molecule has 1 atom stereocenters. The van der Waals surface area contributed by atoms with Crippen molar-refractivity contribution in [1.29, 1.82) is 0 Å². The van der Waals surface area contributed by atoms with Crippen molar-refractivity contribution in [3.63, 3.8) is 0 Å². The minimum absolute atomic E-state index is 0.833. The molecule has 2 saturated carbocycles. The molecular weight excluding hydrogens is 144 g/mol. The lowest BCUT2D eigenvalue weighted by atomic mass is 9.73. The van der Waals surface area contributed by atoms with Crippen molar-refractivity contribution in [1.82, 2.24) is 0 Å². The summed E-state index contributed by atoms with van der Waals surface area (Å²) in [7, 11) is 0. The Labute approximate surface area is 76.7 Å². The summed E-state index contributed by atoms with van der Waals surface area (Å²) in [5.41, 5.74) is 0.833. The molecular formula is C12H22. The van der Waals surface area contributed by atoms with Crippen molar-refractivity contribution in [3.05, 3.63) is 0 Å². The third-order valence-electron chi connectivity index (χ3n) is 4.47. The van der Waals surface area contributed by atoms with Gasteiger partial charge in [-0.25, -0.2) is 0 Å². The van der Waals surface area contributed by atoms with E-state index in [1.807, 2.05) is 0 Å². The average molecular weight is 166 g/mol. The minimum atomic E-state index is 0.833. The van der Waals surface area contributed by atoms with E-state index in [1.54, 1.807) is 19.3 Å². The highest BCUT2D eigenvalue weighted by Gasteiger charge is 2.47. The molecule has 2 fully saturated rings. The van der Waals surface area contributed by atoms with Crippen LogP contribution in [0.5, 0.6) is 0 Å². The Bertz CT molecular complexity index is 151. The molecule has 0 amide bonds. The van der Waals surface area contributed by atoms with E-state index in [4.69, 9.17) is 0 Å². The van der Waals surface area contributed by atoms with Gasteiger partial charge in [0.25, 0.3) is 0 Å². The Balaban J connectivity index is 1.83. The quantitative estimate of drug-likeness (QED) is 0.592. The molecule has 0 aromatic carbocycles. The van der Waals surface area contributed by atoms with E-state index in [2.05, 4.69) is 13.8 Å². The summed E-state index contributed by atoms with van der Waals surface area (Å²) in [6, 6.07) is 0. The molecule has 1 unspecified atom stereocenters. The first kappa shape index (κ1) is 8.59. The third kappa shape index (κ3) is 1.41. The van der Waals surface area contributed by atoms with E-state index in [-0.39, 0.29) is 0 Å². The highest BCUT2D eigenvalue weighted by Crippen LogP contribution is 2.59. The lowest BCUT2D eigenvalue weighted by Crippen LogP contribution is -2.21. The zero-order chi connectivity index (χ0) is 8.60. The second kappa shape index (κ2) is 3.05. The zero-order valence-corrected chi connectivity index (χ0v) is 8.60. The molecule has 0 aromatic rings. The van der Waals surface area contributed by atoms with E-state index < -0.39 is 0 Å². The molecule has 2 aliphatic rings. The van der Waals surface area contributed by atoms with Gasteiger partial charge in [-0.2, -0.15) is 0 Å². The van der Waals surface area contributed by atoms with E-state index in [9.17, 15) is 0 Å². The van der Waals surface area contributed by atoms with Gasteiger partial charge in [0, 0.05) is 0 Å². The topological polar surface area (TPSA) is 0 Å². The lowest BCUT2D eigenvalue weighted by molar-refractivity contribution is 0.189. The minimum Gasteiger partial charge on any atom is -0.0651 e. The SMILES string of the molecule is CCC(C)C1(CC2CCC2)CC1. The van der Waals surface area contributed by atoms with E-state index >= 15 is 0 Å². The molecule has 0 bridgehead atoms. The fourth-order valence-corrected chi connectivity index (χ4v) is 2.76. The summed E-state index contributed by atoms with van der Waals surface area (Å²) in [6.07, 6.45) is 10.6. The largest absolute Gasteiger partial charge is 0.0651 e. The Kier molecular flexibility index (Phi) is 2.18. The van der Waals surface area contributed by atoms with Crippen LogP contribution in [0, 0.1) is 17.3 Å². The van der Waals surface area contributed by atoms with Crippen molar-refractivity contribution in [2.24, 2.45) is 17.3 Å². The van der Waals surface area contributed by atoms with Gasteiger partial charge in [0.15, 0.2) is 0 Å². The first-order valence-electron chi connectivity index (χ1n) is 5.77. The van der Waals surface area contributed by atoms with Crippen LogP contribution in [0.25, 0.3) is 0 Å².